The van der Waals surface area contributed by atoms with Gasteiger partial charge in [0.1, 0.15) is 0 Å². The molecule has 2 aromatic carbocycles. The molecule has 2 aliphatic rings. The van der Waals surface area contributed by atoms with Crippen LogP contribution in [0.15, 0.2) is 53.4 Å². The maximum Gasteiger partial charge on any atom is 0.255 e. The van der Waals surface area contributed by atoms with Crippen LogP contribution >= 0.6 is 0 Å². The number of anilines is 1. The van der Waals surface area contributed by atoms with E-state index in [1.165, 1.54) is 28.6 Å². The highest BCUT2D eigenvalue weighted by Gasteiger charge is 2.26. The first-order valence-electron chi connectivity index (χ1n) is 11.3. The predicted octanol–water partition coefficient (Wildman–Crippen LogP) is 2.98. The zero-order valence-corrected chi connectivity index (χ0v) is 19.4. The number of amides is 2. The Kier molecular flexibility index (Phi) is 7.42. The summed E-state index contributed by atoms with van der Waals surface area (Å²) in [6.07, 6.45) is 4.22. The Morgan fingerprint density at radius 2 is 1.45 bits per heavy atom. The molecule has 0 aliphatic carbocycles. The number of hydrogen-bond acceptors (Lipinski definition) is 5. The molecule has 8 nitrogen and oxygen atoms in total. The van der Waals surface area contributed by atoms with Crippen molar-refractivity contribution in [2.45, 2.75) is 30.6 Å². The molecule has 176 valence electrons. The molecule has 2 fully saturated rings. The average Bonchev–Trinajstić information content (AvgIpc) is 3.14. The number of likely N-dealkylation sites (tertiary alicyclic amines) is 1. The van der Waals surface area contributed by atoms with E-state index in [1.807, 2.05) is 4.90 Å². The highest BCUT2D eigenvalue weighted by molar-refractivity contribution is 7.89. The molecule has 1 N–H and O–H groups in total. The molecule has 9 heteroatoms. The number of morpholine rings is 1. The second-order valence-electron chi connectivity index (χ2n) is 8.25. The first-order chi connectivity index (χ1) is 16.0. The normalized spacial score (nSPS) is 17.9. The third-order valence-corrected chi connectivity index (χ3v) is 7.94. The average molecular weight is 472 g/mol. The third-order valence-electron chi connectivity index (χ3n) is 6.02. The lowest BCUT2D eigenvalue weighted by Gasteiger charge is -2.26. The minimum Gasteiger partial charge on any atom is -0.379 e. The predicted molar refractivity (Wildman–Crippen MR) is 125 cm³/mol. The van der Waals surface area contributed by atoms with Crippen LogP contribution in [-0.2, 0) is 14.8 Å². The molecule has 0 atom stereocenters. The molecule has 0 saturated carbocycles. The van der Waals surface area contributed by atoms with Crippen molar-refractivity contribution < 1.29 is 22.7 Å². The fraction of sp³-hybridized carbons (Fsp3) is 0.417. The second kappa shape index (κ2) is 10.5. The maximum atomic E-state index is 13.1. The zero-order chi connectivity index (χ0) is 23.3. The van der Waals surface area contributed by atoms with Crippen LogP contribution in [0.4, 0.5) is 5.69 Å². The van der Waals surface area contributed by atoms with Crippen LogP contribution in [0.25, 0.3) is 0 Å². The van der Waals surface area contributed by atoms with E-state index < -0.39 is 15.9 Å². The summed E-state index contributed by atoms with van der Waals surface area (Å²) in [4.78, 5) is 27.9. The van der Waals surface area contributed by atoms with Crippen molar-refractivity contribution in [3.05, 3.63) is 59.7 Å². The number of benzene rings is 2. The molecule has 2 saturated heterocycles. The molecule has 2 aromatic rings. The summed E-state index contributed by atoms with van der Waals surface area (Å²) in [7, 11) is -3.63. The van der Waals surface area contributed by atoms with E-state index in [9.17, 15) is 18.0 Å². The number of nitrogens with one attached hydrogen (secondary N) is 1. The lowest BCUT2D eigenvalue weighted by molar-refractivity contribution is 0.0730. The molecule has 0 aromatic heterocycles. The summed E-state index contributed by atoms with van der Waals surface area (Å²) in [5.74, 6) is -0.485. The SMILES string of the molecule is O=C(Nc1ccccc1C(=O)N1CCCCCC1)c1ccc(S(=O)(=O)N2CCOCC2)cc1. The van der Waals surface area contributed by atoms with Crippen molar-refractivity contribution in [1.82, 2.24) is 9.21 Å². The van der Waals surface area contributed by atoms with Crippen LogP contribution in [0.1, 0.15) is 46.4 Å². The van der Waals surface area contributed by atoms with Crippen molar-refractivity contribution >= 4 is 27.5 Å². The molecule has 0 unspecified atom stereocenters. The molecule has 2 heterocycles. The number of hydrogen-bond donors (Lipinski definition) is 1. The Hall–Kier alpha value is -2.75. The molecule has 0 radical (unpaired) electrons. The molecule has 4 rings (SSSR count). The summed E-state index contributed by atoms with van der Waals surface area (Å²) in [6, 6.07) is 12.8. The lowest BCUT2D eigenvalue weighted by atomic mass is 10.1. The standard InChI is InChI=1S/C24H29N3O5S/c28-23(19-9-11-20(12-10-19)33(30,31)27-15-17-32-18-16-27)25-22-8-4-3-7-21(22)24(29)26-13-5-1-2-6-14-26/h3-4,7-12H,1-2,5-6,13-18H2,(H,25,28). The van der Waals surface area contributed by atoms with Gasteiger partial charge in [0.2, 0.25) is 10.0 Å². The van der Waals surface area contributed by atoms with Crippen LogP contribution in [0.3, 0.4) is 0 Å². The molecule has 0 bridgehead atoms. The van der Waals surface area contributed by atoms with E-state index in [0.29, 0.717) is 43.1 Å². The summed E-state index contributed by atoms with van der Waals surface area (Å²) >= 11 is 0. The van der Waals surface area contributed by atoms with Gasteiger partial charge in [0, 0.05) is 31.7 Å². The van der Waals surface area contributed by atoms with Crippen LogP contribution in [-0.4, -0.2) is 68.8 Å². The maximum absolute atomic E-state index is 13.1. The number of carbonyl (C=O) groups is 2. The van der Waals surface area contributed by atoms with Gasteiger partial charge in [0.25, 0.3) is 11.8 Å². The minimum atomic E-state index is -3.63. The van der Waals surface area contributed by atoms with Crippen molar-refractivity contribution in [2.75, 3.05) is 44.7 Å². The van der Waals surface area contributed by atoms with Gasteiger partial charge < -0.3 is 15.0 Å². The van der Waals surface area contributed by atoms with Crippen molar-refractivity contribution in [3.8, 4) is 0 Å². The van der Waals surface area contributed by atoms with Gasteiger partial charge in [-0.3, -0.25) is 9.59 Å². The third kappa shape index (κ3) is 5.43. The smallest absolute Gasteiger partial charge is 0.255 e. The van der Waals surface area contributed by atoms with Gasteiger partial charge in [-0.1, -0.05) is 25.0 Å². The van der Waals surface area contributed by atoms with Gasteiger partial charge in [-0.2, -0.15) is 4.31 Å². The fourth-order valence-electron chi connectivity index (χ4n) is 4.13. The monoisotopic (exact) mass is 471 g/mol. The van der Waals surface area contributed by atoms with Crippen LogP contribution in [0.2, 0.25) is 0 Å². The van der Waals surface area contributed by atoms with E-state index >= 15 is 0 Å². The number of sulfonamides is 1. The van der Waals surface area contributed by atoms with E-state index in [0.717, 1.165) is 38.8 Å². The molecular formula is C24H29N3O5S. The van der Waals surface area contributed by atoms with Gasteiger partial charge in [-0.25, -0.2) is 8.42 Å². The minimum absolute atomic E-state index is 0.0836. The van der Waals surface area contributed by atoms with Crippen LogP contribution in [0.5, 0.6) is 0 Å². The molecular weight excluding hydrogens is 442 g/mol. The Bertz CT molecular complexity index is 1090. The Balaban J connectivity index is 1.48. The highest BCUT2D eigenvalue weighted by atomic mass is 32.2. The number of carbonyl (C=O) groups excluding carboxylic acids is 2. The number of ether oxygens (including phenoxy) is 1. The molecule has 33 heavy (non-hydrogen) atoms. The summed E-state index contributed by atoms with van der Waals surface area (Å²) < 4.78 is 32.2. The number of nitrogens with zero attached hydrogens (tertiary/aromatic N) is 2. The van der Waals surface area contributed by atoms with Gasteiger partial charge in [0.15, 0.2) is 0 Å². The van der Waals surface area contributed by atoms with E-state index in [1.54, 1.807) is 24.3 Å². The lowest BCUT2D eigenvalue weighted by Crippen LogP contribution is -2.40. The van der Waals surface area contributed by atoms with E-state index in [-0.39, 0.29) is 10.8 Å². The highest BCUT2D eigenvalue weighted by Crippen LogP contribution is 2.22. The fourth-order valence-corrected chi connectivity index (χ4v) is 5.54. The largest absolute Gasteiger partial charge is 0.379 e. The quantitative estimate of drug-likeness (QED) is 0.723. The number of rotatable bonds is 5. The summed E-state index contributed by atoms with van der Waals surface area (Å²) in [5, 5.41) is 2.82. The van der Waals surface area contributed by atoms with Crippen LogP contribution in [0, 0.1) is 0 Å². The summed E-state index contributed by atoms with van der Waals surface area (Å²) in [5.41, 5.74) is 1.22. The summed E-state index contributed by atoms with van der Waals surface area (Å²) in [6.45, 7) is 2.81. The van der Waals surface area contributed by atoms with Crippen molar-refractivity contribution in [2.24, 2.45) is 0 Å². The van der Waals surface area contributed by atoms with E-state index in [2.05, 4.69) is 5.32 Å². The zero-order valence-electron chi connectivity index (χ0n) is 18.5. The first-order valence-corrected chi connectivity index (χ1v) is 12.8. The Labute approximate surface area is 194 Å². The topological polar surface area (TPSA) is 96.0 Å². The Morgan fingerprint density at radius 1 is 0.818 bits per heavy atom. The van der Waals surface area contributed by atoms with Gasteiger partial charge in [-0.15, -0.1) is 0 Å². The van der Waals surface area contributed by atoms with Gasteiger partial charge in [0.05, 0.1) is 29.4 Å². The molecule has 0 spiro atoms. The van der Waals surface area contributed by atoms with Crippen molar-refractivity contribution in [3.63, 3.8) is 0 Å². The van der Waals surface area contributed by atoms with Crippen molar-refractivity contribution in [1.29, 1.82) is 0 Å². The Morgan fingerprint density at radius 3 is 2.12 bits per heavy atom. The number of para-hydroxylation sites is 1. The molecule has 2 amide bonds. The molecule has 2 aliphatic heterocycles. The first kappa shape index (κ1) is 23.4. The van der Waals surface area contributed by atoms with Gasteiger partial charge in [-0.05, 0) is 49.2 Å². The second-order valence-corrected chi connectivity index (χ2v) is 10.2. The van der Waals surface area contributed by atoms with E-state index in [4.69, 9.17) is 4.74 Å². The van der Waals surface area contributed by atoms with Gasteiger partial charge >= 0.3 is 0 Å². The van der Waals surface area contributed by atoms with Crippen LogP contribution < -0.4 is 5.32 Å².